The molecule has 4 bridgehead atoms. The molecule has 4 aliphatic rings. The molecule has 0 aliphatic heterocycles. The minimum absolute atomic E-state index is 0.378. The second-order valence-corrected chi connectivity index (χ2v) is 6.65. The molecule has 0 spiro atoms. The van der Waals surface area contributed by atoms with E-state index in [1.54, 1.807) is 0 Å². The third-order valence-electron chi connectivity index (χ3n) is 5.30. The molecule has 6 atom stereocenters. The van der Waals surface area contributed by atoms with E-state index >= 15 is 0 Å². The maximum Gasteiger partial charge on any atom is 0.118 e. The van der Waals surface area contributed by atoms with E-state index in [-0.39, 0.29) is 0 Å². The van der Waals surface area contributed by atoms with Crippen molar-refractivity contribution in [2.45, 2.75) is 25.7 Å². The van der Waals surface area contributed by atoms with Crippen molar-refractivity contribution in [3.05, 3.63) is 34.7 Å². The van der Waals surface area contributed by atoms with Crippen molar-refractivity contribution in [1.82, 2.24) is 0 Å². The van der Waals surface area contributed by atoms with Crippen molar-refractivity contribution in [1.29, 1.82) is 0 Å². The van der Waals surface area contributed by atoms with E-state index in [4.69, 9.17) is 9.68 Å². The van der Waals surface area contributed by atoms with Crippen LogP contribution in [0.25, 0.3) is 0 Å². The zero-order chi connectivity index (χ0) is 13.5. The Balaban J connectivity index is 1.19. The molecular formula is C16H21NO3. The van der Waals surface area contributed by atoms with Crippen LogP contribution in [0.3, 0.4) is 0 Å². The van der Waals surface area contributed by atoms with Crippen molar-refractivity contribution in [2.24, 2.45) is 29.6 Å². The van der Waals surface area contributed by atoms with Crippen molar-refractivity contribution in [3.63, 3.8) is 0 Å². The van der Waals surface area contributed by atoms with E-state index in [1.165, 1.54) is 12.0 Å². The summed E-state index contributed by atoms with van der Waals surface area (Å²) in [4.78, 5) is 10.6. The fraction of sp³-hybridized carbons (Fsp3) is 0.688. The number of allylic oxidation sites excluding steroid dienone is 2. The summed E-state index contributed by atoms with van der Waals surface area (Å²) in [6.07, 6.45) is 11.3. The number of rotatable bonds is 6. The molecule has 4 aliphatic carbocycles. The molecule has 0 saturated heterocycles. The van der Waals surface area contributed by atoms with Crippen LogP contribution in [0.15, 0.2) is 29.5 Å². The van der Waals surface area contributed by atoms with Gasteiger partial charge < -0.3 is 5.21 Å². The molecule has 4 rings (SSSR count). The van der Waals surface area contributed by atoms with Crippen LogP contribution < -0.4 is 5.39 Å². The Bertz CT molecular complexity index is 480. The highest BCUT2D eigenvalue weighted by Crippen LogP contribution is 2.43. The summed E-state index contributed by atoms with van der Waals surface area (Å²) in [5.41, 5.74) is 4.60. The number of hydrogen-bond donors (Lipinski definition) is 1. The summed E-state index contributed by atoms with van der Waals surface area (Å²) < 4.78 is 0. The molecule has 0 aromatic carbocycles. The summed E-state index contributed by atoms with van der Waals surface area (Å²) in [5, 5.41) is 11.2. The van der Waals surface area contributed by atoms with Gasteiger partial charge in [0.25, 0.3) is 0 Å². The van der Waals surface area contributed by atoms with E-state index in [1.807, 2.05) is 0 Å². The van der Waals surface area contributed by atoms with Gasteiger partial charge in [0, 0.05) is 5.92 Å². The molecular weight excluding hydrogens is 254 g/mol. The molecule has 0 radical (unpaired) electrons. The van der Waals surface area contributed by atoms with Gasteiger partial charge in [-0.05, 0) is 61.0 Å². The summed E-state index contributed by atoms with van der Waals surface area (Å²) in [6.45, 7) is 0.975. The first kappa shape index (κ1) is 12.8. The minimum atomic E-state index is -0.496. The van der Waals surface area contributed by atoms with Crippen molar-refractivity contribution < 1.29 is 15.1 Å². The molecule has 108 valence electrons. The molecule has 6 unspecified atom stereocenters. The Morgan fingerprint density at radius 3 is 2.70 bits per heavy atom. The summed E-state index contributed by atoms with van der Waals surface area (Å²) in [7, 11) is 0. The normalized spacial score (nSPS) is 41.6. The zero-order valence-corrected chi connectivity index (χ0v) is 11.6. The molecule has 0 aromatic rings. The number of nitrogens with one attached hydrogen (secondary N) is 1. The largest absolute Gasteiger partial charge is 0.566 e. The Hall–Kier alpha value is -0.900. The van der Waals surface area contributed by atoms with E-state index < -0.39 is 5.39 Å². The minimum Gasteiger partial charge on any atom is -0.566 e. The molecule has 2 fully saturated rings. The summed E-state index contributed by atoms with van der Waals surface area (Å²) in [6, 6.07) is 0. The SMILES string of the molecule is [O-][NH+](OCC1CC2C=C=C1C2)OCC1CC2C=CC1C2. The van der Waals surface area contributed by atoms with Gasteiger partial charge in [-0.3, -0.25) is 0 Å². The molecule has 0 amide bonds. The first-order valence-corrected chi connectivity index (χ1v) is 7.71. The van der Waals surface area contributed by atoms with Gasteiger partial charge in [-0.15, -0.1) is 5.73 Å². The van der Waals surface area contributed by atoms with Crippen LogP contribution in [-0.4, -0.2) is 13.2 Å². The van der Waals surface area contributed by atoms with Crippen LogP contribution in [0.2, 0.25) is 0 Å². The zero-order valence-electron chi connectivity index (χ0n) is 11.6. The van der Waals surface area contributed by atoms with Crippen LogP contribution >= 0.6 is 0 Å². The van der Waals surface area contributed by atoms with Crippen molar-refractivity contribution in [3.8, 4) is 0 Å². The lowest BCUT2D eigenvalue weighted by atomic mass is 9.95. The first-order chi connectivity index (χ1) is 9.78. The molecule has 4 nitrogen and oxygen atoms in total. The van der Waals surface area contributed by atoms with E-state index in [0.717, 1.165) is 25.2 Å². The second kappa shape index (κ2) is 5.14. The standard InChI is InChI=1S/C16H21NO3/c18-17(19-9-15-7-11-1-3-13(15)5-11)20-10-16-8-12-2-4-14(16)6-12/h1-3,11-13,15-17H,5-10H2. The first-order valence-electron chi connectivity index (χ1n) is 7.71. The Labute approximate surface area is 119 Å². The highest BCUT2D eigenvalue weighted by Gasteiger charge is 2.36. The Kier molecular flexibility index (Phi) is 3.29. The van der Waals surface area contributed by atoms with Gasteiger partial charge >= 0.3 is 0 Å². The molecule has 20 heavy (non-hydrogen) atoms. The monoisotopic (exact) mass is 275 g/mol. The lowest BCUT2D eigenvalue weighted by Crippen LogP contribution is -3.05. The van der Waals surface area contributed by atoms with Gasteiger partial charge in [0.1, 0.15) is 13.2 Å². The number of hydrogen-bond acceptors (Lipinski definition) is 3. The Morgan fingerprint density at radius 2 is 2.05 bits per heavy atom. The van der Waals surface area contributed by atoms with E-state index in [2.05, 4.69) is 24.0 Å². The fourth-order valence-corrected chi connectivity index (χ4v) is 4.21. The van der Waals surface area contributed by atoms with Crippen LogP contribution in [0.4, 0.5) is 0 Å². The van der Waals surface area contributed by atoms with Gasteiger partial charge in [0.2, 0.25) is 0 Å². The molecule has 0 heterocycles. The topological polar surface area (TPSA) is 46.0 Å². The van der Waals surface area contributed by atoms with Crippen LogP contribution in [0, 0.1) is 34.8 Å². The quantitative estimate of drug-likeness (QED) is 0.454. The third kappa shape index (κ3) is 2.39. The van der Waals surface area contributed by atoms with Gasteiger partial charge in [-0.1, -0.05) is 17.5 Å². The summed E-state index contributed by atoms with van der Waals surface area (Å²) in [5.74, 6) is 2.86. The third-order valence-corrected chi connectivity index (χ3v) is 5.30. The Morgan fingerprint density at radius 1 is 1.15 bits per heavy atom. The second-order valence-electron chi connectivity index (χ2n) is 6.65. The predicted molar refractivity (Wildman–Crippen MR) is 72.9 cm³/mol. The smallest absolute Gasteiger partial charge is 0.118 e. The molecule has 0 aromatic heterocycles. The highest BCUT2D eigenvalue weighted by atomic mass is 17.1. The molecule has 2 saturated carbocycles. The van der Waals surface area contributed by atoms with Crippen LogP contribution in [0.5, 0.6) is 0 Å². The van der Waals surface area contributed by atoms with Gasteiger partial charge in [0.15, 0.2) is 0 Å². The van der Waals surface area contributed by atoms with Gasteiger partial charge in [-0.2, -0.15) is 9.68 Å². The highest BCUT2D eigenvalue weighted by molar-refractivity contribution is 5.22. The van der Waals surface area contributed by atoms with Crippen molar-refractivity contribution in [2.75, 3.05) is 13.2 Å². The maximum absolute atomic E-state index is 11.7. The average Bonchev–Trinajstić information content (AvgIpc) is 3.21. The van der Waals surface area contributed by atoms with Crippen LogP contribution in [-0.2, 0) is 9.68 Å². The van der Waals surface area contributed by atoms with E-state index in [9.17, 15) is 5.21 Å². The lowest BCUT2D eigenvalue weighted by molar-refractivity contribution is -1.21. The maximum atomic E-state index is 11.7. The van der Waals surface area contributed by atoms with Gasteiger partial charge in [0.05, 0.1) is 0 Å². The van der Waals surface area contributed by atoms with Crippen molar-refractivity contribution >= 4 is 0 Å². The molecule has 4 heteroatoms. The fourth-order valence-electron chi connectivity index (χ4n) is 4.21. The number of fused-ring (bicyclic) bond motifs is 4. The lowest BCUT2D eigenvalue weighted by Gasteiger charge is -2.23. The number of quaternary nitrogens is 1. The van der Waals surface area contributed by atoms with Gasteiger partial charge in [-0.25, -0.2) is 0 Å². The molecule has 1 N–H and O–H groups in total. The van der Waals surface area contributed by atoms with Crippen LogP contribution in [0.1, 0.15) is 25.7 Å². The van der Waals surface area contributed by atoms with E-state index in [0.29, 0.717) is 36.9 Å². The average molecular weight is 275 g/mol. The summed E-state index contributed by atoms with van der Waals surface area (Å²) >= 11 is 0. The predicted octanol–water partition coefficient (Wildman–Crippen LogP) is 1.57.